The molecule has 1 rings (SSSR count). The smallest absolute Gasteiger partial charge is 0.224 e. The predicted octanol–water partition coefficient (Wildman–Crippen LogP) is -1.06. The quantitative estimate of drug-likeness (QED) is 0.630. The Hall–Kier alpha value is -0.650. The summed E-state index contributed by atoms with van der Waals surface area (Å²) in [6.45, 7) is 8.37. The molecule has 3 N–H and O–H groups in total. The highest BCUT2D eigenvalue weighted by Gasteiger charge is 2.14. The monoisotopic (exact) mass is 228 g/mol. The van der Waals surface area contributed by atoms with Gasteiger partial charge in [0, 0.05) is 51.7 Å². The summed E-state index contributed by atoms with van der Waals surface area (Å²) in [4.78, 5) is 16.2. The highest BCUT2D eigenvalue weighted by Crippen LogP contribution is 1.97. The van der Waals surface area contributed by atoms with Crippen molar-refractivity contribution >= 4 is 5.91 Å². The summed E-state index contributed by atoms with van der Waals surface area (Å²) in [5.74, 6) is -0.0101. The maximum Gasteiger partial charge on any atom is 0.224 e. The average molecular weight is 228 g/mol. The zero-order valence-electron chi connectivity index (χ0n) is 10.4. The topological polar surface area (TPSA) is 61.6 Å². The molecule has 1 amide bonds. The molecule has 16 heavy (non-hydrogen) atoms. The number of piperazine rings is 1. The van der Waals surface area contributed by atoms with Gasteiger partial charge in [-0.05, 0) is 7.05 Å². The fraction of sp³-hybridized carbons (Fsp3) is 0.909. The molecule has 1 atom stereocenters. The fourth-order valence-corrected chi connectivity index (χ4v) is 1.69. The molecule has 0 saturated carbocycles. The van der Waals surface area contributed by atoms with Crippen molar-refractivity contribution in [2.75, 3.05) is 52.9 Å². The van der Waals surface area contributed by atoms with Crippen LogP contribution in [0.5, 0.6) is 0 Å². The average Bonchev–Trinajstić information content (AvgIpc) is 2.30. The van der Waals surface area contributed by atoms with Gasteiger partial charge in [-0.1, -0.05) is 6.92 Å². The maximum atomic E-state index is 11.4. The van der Waals surface area contributed by atoms with E-state index in [-0.39, 0.29) is 11.8 Å². The lowest BCUT2D eigenvalue weighted by molar-refractivity contribution is -0.124. The van der Waals surface area contributed by atoms with Gasteiger partial charge in [0.25, 0.3) is 0 Å². The van der Waals surface area contributed by atoms with E-state index in [2.05, 4.69) is 22.2 Å². The Labute approximate surface area is 98.0 Å². The molecular weight excluding hydrogens is 204 g/mol. The third kappa shape index (κ3) is 4.47. The van der Waals surface area contributed by atoms with E-state index in [0.717, 1.165) is 39.3 Å². The summed E-state index contributed by atoms with van der Waals surface area (Å²) >= 11 is 0. The van der Waals surface area contributed by atoms with Crippen LogP contribution in [0.4, 0.5) is 0 Å². The molecule has 0 aromatic heterocycles. The summed E-state index contributed by atoms with van der Waals surface area (Å²) in [6, 6.07) is 0. The highest BCUT2D eigenvalue weighted by molar-refractivity contribution is 5.78. The maximum absolute atomic E-state index is 11.4. The van der Waals surface area contributed by atoms with Crippen LogP contribution in [0.25, 0.3) is 0 Å². The minimum atomic E-state index is -0.0764. The van der Waals surface area contributed by atoms with Crippen LogP contribution in [-0.4, -0.2) is 68.6 Å². The number of nitrogens with one attached hydrogen (secondary N) is 1. The molecule has 1 unspecified atom stereocenters. The van der Waals surface area contributed by atoms with Crippen molar-refractivity contribution in [2.24, 2.45) is 11.7 Å². The molecule has 0 bridgehead atoms. The van der Waals surface area contributed by atoms with Crippen LogP contribution in [0.2, 0.25) is 0 Å². The molecule has 5 heteroatoms. The number of amides is 1. The number of carbonyl (C=O) groups is 1. The summed E-state index contributed by atoms with van der Waals surface area (Å²) in [7, 11) is 2.14. The highest BCUT2D eigenvalue weighted by atomic mass is 16.1. The van der Waals surface area contributed by atoms with Gasteiger partial charge in [0.1, 0.15) is 0 Å². The Balaban J connectivity index is 2.09. The normalized spacial score (nSPS) is 20.7. The van der Waals surface area contributed by atoms with Crippen molar-refractivity contribution in [2.45, 2.75) is 6.92 Å². The number of rotatable bonds is 5. The van der Waals surface area contributed by atoms with Crippen LogP contribution in [0.1, 0.15) is 6.92 Å². The minimum absolute atomic E-state index is 0.0663. The number of hydrogen-bond donors (Lipinski definition) is 2. The van der Waals surface area contributed by atoms with Gasteiger partial charge in [-0.2, -0.15) is 0 Å². The summed E-state index contributed by atoms with van der Waals surface area (Å²) in [5.41, 5.74) is 5.43. The first-order valence-corrected chi connectivity index (χ1v) is 6.02. The summed E-state index contributed by atoms with van der Waals surface area (Å²) < 4.78 is 0. The third-order valence-electron chi connectivity index (χ3n) is 3.12. The Morgan fingerprint density at radius 2 is 2.00 bits per heavy atom. The van der Waals surface area contributed by atoms with E-state index in [0.29, 0.717) is 6.54 Å². The number of likely N-dealkylation sites (N-methyl/N-ethyl adjacent to an activating group) is 1. The van der Waals surface area contributed by atoms with Crippen molar-refractivity contribution < 1.29 is 4.79 Å². The fourth-order valence-electron chi connectivity index (χ4n) is 1.69. The molecule has 1 fully saturated rings. The van der Waals surface area contributed by atoms with E-state index in [9.17, 15) is 4.79 Å². The van der Waals surface area contributed by atoms with Gasteiger partial charge in [-0.25, -0.2) is 0 Å². The van der Waals surface area contributed by atoms with E-state index >= 15 is 0 Å². The van der Waals surface area contributed by atoms with Crippen molar-refractivity contribution in [3.8, 4) is 0 Å². The lowest BCUT2D eigenvalue weighted by Gasteiger charge is -2.32. The Morgan fingerprint density at radius 3 is 2.56 bits per heavy atom. The van der Waals surface area contributed by atoms with Crippen molar-refractivity contribution in [1.29, 1.82) is 0 Å². The summed E-state index contributed by atoms with van der Waals surface area (Å²) in [6.07, 6.45) is 0. The van der Waals surface area contributed by atoms with E-state index in [1.54, 1.807) is 0 Å². The van der Waals surface area contributed by atoms with Gasteiger partial charge < -0.3 is 16.0 Å². The molecule has 1 aliphatic heterocycles. The molecule has 0 aromatic rings. The molecule has 1 aliphatic rings. The molecule has 1 heterocycles. The van der Waals surface area contributed by atoms with Crippen LogP contribution < -0.4 is 11.1 Å². The number of nitrogens with zero attached hydrogens (tertiary/aromatic N) is 2. The van der Waals surface area contributed by atoms with E-state index in [1.807, 2.05) is 6.92 Å². The second-order valence-corrected chi connectivity index (χ2v) is 4.57. The molecule has 94 valence electrons. The van der Waals surface area contributed by atoms with E-state index < -0.39 is 0 Å². The standard InChI is InChI=1S/C11H24N4O/c1-10(9-12)11(16)13-3-4-15-7-5-14(2)6-8-15/h10H,3-9,12H2,1-2H3,(H,13,16). The first kappa shape index (κ1) is 13.4. The molecule has 0 radical (unpaired) electrons. The van der Waals surface area contributed by atoms with Crippen LogP contribution >= 0.6 is 0 Å². The van der Waals surface area contributed by atoms with Gasteiger partial charge in [-0.15, -0.1) is 0 Å². The van der Waals surface area contributed by atoms with E-state index in [4.69, 9.17) is 5.73 Å². The Morgan fingerprint density at radius 1 is 1.38 bits per heavy atom. The van der Waals surface area contributed by atoms with Gasteiger partial charge in [0.15, 0.2) is 0 Å². The number of hydrogen-bond acceptors (Lipinski definition) is 4. The van der Waals surface area contributed by atoms with Crippen molar-refractivity contribution in [3.63, 3.8) is 0 Å². The Bertz CT molecular complexity index is 214. The molecule has 5 nitrogen and oxygen atoms in total. The van der Waals surface area contributed by atoms with Gasteiger partial charge in [-0.3, -0.25) is 9.69 Å². The minimum Gasteiger partial charge on any atom is -0.355 e. The number of carbonyl (C=O) groups excluding carboxylic acids is 1. The van der Waals surface area contributed by atoms with Crippen molar-refractivity contribution in [1.82, 2.24) is 15.1 Å². The number of nitrogens with two attached hydrogens (primary N) is 1. The predicted molar refractivity (Wildman–Crippen MR) is 65.2 cm³/mol. The SMILES string of the molecule is CC(CN)C(=O)NCCN1CCN(C)CC1. The van der Waals surface area contributed by atoms with Gasteiger partial charge in [0.05, 0.1) is 0 Å². The molecular formula is C11H24N4O. The van der Waals surface area contributed by atoms with Crippen molar-refractivity contribution in [3.05, 3.63) is 0 Å². The Kier molecular flexibility index (Phi) is 5.73. The molecule has 0 aromatic carbocycles. The molecule has 0 spiro atoms. The second kappa shape index (κ2) is 6.83. The van der Waals surface area contributed by atoms with Crippen LogP contribution in [0, 0.1) is 5.92 Å². The zero-order valence-corrected chi connectivity index (χ0v) is 10.4. The summed E-state index contributed by atoms with van der Waals surface area (Å²) in [5, 5.41) is 2.92. The molecule has 1 saturated heterocycles. The lowest BCUT2D eigenvalue weighted by Crippen LogP contribution is -2.47. The lowest BCUT2D eigenvalue weighted by atomic mass is 10.2. The van der Waals surface area contributed by atoms with Gasteiger partial charge >= 0.3 is 0 Å². The van der Waals surface area contributed by atoms with Crippen LogP contribution in [-0.2, 0) is 4.79 Å². The van der Waals surface area contributed by atoms with Gasteiger partial charge in [0.2, 0.25) is 5.91 Å². The first-order valence-electron chi connectivity index (χ1n) is 6.02. The van der Waals surface area contributed by atoms with Crippen LogP contribution in [0.15, 0.2) is 0 Å². The van der Waals surface area contributed by atoms with Crippen LogP contribution in [0.3, 0.4) is 0 Å². The third-order valence-corrected chi connectivity index (χ3v) is 3.12. The molecule has 0 aliphatic carbocycles. The zero-order chi connectivity index (χ0) is 12.0. The second-order valence-electron chi connectivity index (χ2n) is 4.57. The first-order chi connectivity index (χ1) is 7.63. The largest absolute Gasteiger partial charge is 0.355 e. The van der Waals surface area contributed by atoms with E-state index in [1.165, 1.54) is 0 Å².